The molecule has 0 aliphatic rings. The van der Waals surface area contributed by atoms with Crippen LogP contribution in [0.25, 0.3) is 10.8 Å². The molecule has 2 aromatic carbocycles. The van der Waals surface area contributed by atoms with Crippen LogP contribution in [0.2, 0.25) is 0 Å². The van der Waals surface area contributed by atoms with Gasteiger partial charge in [0.25, 0.3) is 0 Å². The summed E-state index contributed by atoms with van der Waals surface area (Å²) in [6, 6.07) is 10.8. The van der Waals surface area contributed by atoms with E-state index in [0.29, 0.717) is 11.5 Å². The molecule has 0 saturated carbocycles. The monoisotopic (exact) mass is 300 g/mol. The van der Waals surface area contributed by atoms with Gasteiger partial charge in [0.2, 0.25) is 0 Å². The van der Waals surface area contributed by atoms with Crippen LogP contribution < -0.4 is 9.47 Å². The van der Waals surface area contributed by atoms with Crippen LogP contribution >= 0.6 is 0 Å². The zero-order chi connectivity index (χ0) is 16.3. The van der Waals surface area contributed by atoms with Gasteiger partial charge in [0.1, 0.15) is 11.5 Å². The quantitative estimate of drug-likeness (QED) is 0.633. The van der Waals surface area contributed by atoms with E-state index >= 15 is 0 Å². The summed E-state index contributed by atoms with van der Waals surface area (Å²) in [6.45, 7) is 7.14. The molecular formula is C18H20O4. The minimum Gasteiger partial charge on any atom is -0.426 e. The van der Waals surface area contributed by atoms with Gasteiger partial charge in [-0.3, -0.25) is 9.59 Å². The number of fused-ring (bicyclic) bond motifs is 1. The van der Waals surface area contributed by atoms with Gasteiger partial charge in [0, 0.05) is 0 Å². The molecule has 0 spiro atoms. The van der Waals surface area contributed by atoms with E-state index in [4.69, 9.17) is 9.47 Å². The van der Waals surface area contributed by atoms with Crippen LogP contribution in [-0.4, -0.2) is 11.9 Å². The van der Waals surface area contributed by atoms with E-state index in [-0.39, 0.29) is 23.8 Å². The molecular weight excluding hydrogens is 280 g/mol. The molecule has 0 bridgehead atoms. The van der Waals surface area contributed by atoms with Crippen LogP contribution in [0.5, 0.6) is 11.5 Å². The summed E-state index contributed by atoms with van der Waals surface area (Å²) in [5.74, 6) is 0.0450. The standard InChI is InChI=1S/C18H20O4/c1-11(2)17(19)21-15-7-5-13-6-8-16(10-14(13)9-15)22-18(20)12(3)4/h5-12H,1-4H3. The molecule has 0 fully saturated rings. The molecule has 2 aromatic rings. The Hall–Kier alpha value is -2.36. The number of benzene rings is 2. The summed E-state index contributed by atoms with van der Waals surface area (Å²) in [5, 5.41) is 1.83. The normalized spacial score (nSPS) is 11.0. The van der Waals surface area contributed by atoms with Crippen molar-refractivity contribution >= 4 is 22.7 Å². The summed E-state index contributed by atoms with van der Waals surface area (Å²) in [4.78, 5) is 23.3. The molecule has 0 aliphatic heterocycles. The van der Waals surface area contributed by atoms with Crippen LogP contribution in [0, 0.1) is 11.8 Å². The van der Waals surface area contributed by atoms with Crippen LogP contribution in [0.3, 0.4) is 0 Å². The minimum atomic E-state index is -0.276. The van der Waals surface area contributed by atoms with Crippen molar-refractivity contribution in [3.05, 3.63) is 36.4 Å². The second-order valence-electron chi connectivity index (χ2n) is 5.82. The lowest BCUT2D eigenvalue weighted by molar-refractivity contribution is -0.138. The van der Waals surface area contributed by atoms with Gasteiger partial charge in [-0.05, 0) is 35.0 Å². The fraction of sp³-hybridized carbons (Fsp3) is 0.333. The summed E-state index contributed by atoms with van der Waals surface area (Å²) in [6.07, 6.45) is 0. The highest BCUT2D eigenvalue weighted by Gasteiger charge is 2.12. The Labute approximate surface area is 130 Å². The van der Waals surface area contributed by atoms with Crippen molar-refractivity contribution in [3.63, 3.8) is 0 Å². The first-order valence-corrected chi connectivity index (χ1v) is 7.34. The van der Waals surface area contributed by atoms with Crippen molar-refractivity contribution in [3.8, 4) is 11.5 Å². The molecule has 0 aliphatic carbocycles. The van der Waals surface area contributed by atoms with Gasteiger partial charge in [-0.2, -0.15) is 0 Å². The molecule has 0 N–H and O–H groups in total. The zero-order valence-electron chi connectivity index (χ0n) is 13.3. The molecule has 0 radical (unpaired) electrons. The van der Waals surface area contributed by atoms with Gasteiger partial charge in [0.15, 0.2) is 0 Å². The van der Waals surface area contributed by atoms with Gasteiger partial charge in [-0.1, -0.05) is 39.8 Å². The Morgan fingerprint density at radius 2 is 1.14 bits per heavy atom. The molecule has 0 aromatic heterocycles. The fourth-order valence-electron chi connectivity index (χ4n) is 1.80. The first-order chi connectivity index (χ1) is 10.4. The fourth-order valence-corrected chi connectivity index (χ4v) is 1.80. The molecule has 0 unspecified atom stereocenters. The molecule has 4 nitrogen and oxygen atoms in total. The molecule has 0 amide bonds. The number of rotatable bonds is 4. The second-order valence-corrected chi connectivity index (χ2v) is 5.82. The zero-order valence-corrected chi connectivity index (χ0v) is 13.3. The number of ether oxygens (including phenoxy) is 2. The molecule has 0 atom stereocenters. The highest BCUT2D eigenvalue weighted by molar-refractivity contribution is 5.87. The van der Waals surface area contributed by atoms with Crippen LogP contribution in [-0.2, 0) is 9.59 Å². The number of hydrogen-bond donors (Lipinski definition) is 0. The lowest BCUT2D eigenvalue weighted by atomic mass is 10.1. The van der Waals surface area contributed by atoms with E-state index in [9.17, 15) is 9.59 Å². The van der Waals surface area contributed by atoms with Crippen molar-refractivity contribution < 1.29 is 19.1 Å². The topological polar surface area (TPSA) is 52.6 Å². The van der Waals surface area contributed by atoms with Gasteiger partial charge in [-0.15, -0.1) is 0 Å². The smallest absolute Gasteiger partial charge is 0.313 e. The van der Waals surface area contributed by atoms with Gasteiger partial charge >= 0.3 is 11.9 Å². The maximum atomic E-state index is 11.6. The predicted octanol–water partition coefficient (Wildman–Crippen LogP) is 3.96. The number of hydrogen-bond acceptors (Lipinski definition) is 4. The van der Waals surface area contributed by atoms with Gasteiger partial charge in [-0.25, -0.2) is 0 Å². The summed E-state index contributed by atoms with van der Waals surface area (Å²) in [5.41, 5.74) is 0. The molecule has 0 heterocycles. The van der Waals surface area contributed by atoms with Crippen LogP contribution in [0.4, 0.5) is 0 Å². The molecule has 22 heavy (non-hydrogen) atoms. The number of carbonyl (C=O) groups is 2. The highest BCUT2D eigenvalue weighted by atomic mass is 16.5. The molecule has 2 rings (SSSR count). The maximum Gasteiger partial charge on any atom is 0.313 e. The Kier molecular flexibility index (Phi) is 4.81. The first kappa shape index (κ1) is 16.0. The second kappa shape index (κ2) is 6.60. The van der Waals surface area contributed by atoms with Gasteiger partial charge < -0.3 is 9.47 Å². The van der Waals surface area contributed by atoms with Crippen molar-refractivity contribution in [2.45, 2.75) is 27.7 Å². The first-order valence-electron chi connectivity index (χ1n) is 7.34. The number of esters is 2. The highest BCUT2D eigenvalue weighted by Crippen LogP contribution is 2.26. The Morgan fingerprint density at radius 3 is 1.50 bits per heavy atom. The van der Waals surface area contributed by atoms with Gasteiger partial charge in [0.05, 0.1) is 11.8 Å². The molecule has 0 saturated heterocycles. The summed E-state index contributed by atoms with van der Waals surface area (Å²) < 4.78 is 10.6. The van der Waals surface area contributed by atoms with Crippen molar-refractivity contribution in [2.24, 2.45) is 11.8 Å². The van der Waals surface area contributed by atoms with E-state index < -0.39 is 0 Å². The summed E-state index contributed by atoms with van der Waals surface area (Å²) in [7, 11) is 0. The molecule has 4 heteroatoms. The maximum absolute atomic E-state index is 11.6. The lowest BCUT2D eigenvalue weighted by Gasteiger charge is -2.09. The third-order valence-corrected chi connectivity index (χ3v) is 3.16. The Morgan fingerprint density at radius 1 is 0.727 bits per heavy atom. The lowest BCUT2D eigenvalue weighted by Crippen LogP contribution is -2.15. The van der Waals surface area contributed by atoms with Crippen LogP contribution in [0.1, 0.15) is 27.7 Å². The third-order valence-electron chi connectivity index (χ3n) is 3.16. The van der Waals surface area contributed by atoms with E-state index in [1.807, 2.05) is 12.1 Å². The van der Waals surface area contributed by atoms with Crippen molar-refractivity contribution in [1.29, 1.82) is 0 Å². The van der Waals surface area contributed by atoms with Crippen molar-refractivity contribution in [1.82, 2.24) is 0 Å². The van der Waals surface area contributed by atoms with Crippen LogP contribution in [0.15, 0.2) is 36.4 Å². The SMILES string of the molecule is CC(C)C(=O)Oc1ccc2ccc(OC(=O)C(C)C)cc2c1. The number of carbonyl (C=O) groups excluding carboxylic acids is 2. The summed E-state index contributed by atoms with van der Waals surface area (Å²) >= 11 is 0. The minimum absolute atomic E-state index is 0.186. The largest absolute Gasteiger partial charge is 0.426 e. The Bertz CT molecular complexity index is 645. The van der Waals surface area contributed by atoms with Crippen molar-refractivity contribution in [2.75, 3.05) is 0 Å². The molecule has 116 valence electrons. The van der Waals surface area contributed by atoms with E-state index in [1.165, 1.54) is 0 Å². The Balaban J connectivity index is 2.26. The predicted molar refractivity (Wildman–Crippen MR) is 84.9 cm³/mol. The third kappa shape index (κ3) is 3.85. The average molecular weight is 300 g/mol. The average Bonchev–Trinajstić information content (AvgIpc) is 2.46. The van der Waals surface area contributed by atoms with E-state index in [1.54, 1.807) is 52.0 Å². The van der Waals surface area contributed by atoms with E-state index in [0.717, 1.165) is 10.8 Å². The van der Waals surface area contributed by atoms with E-state index in [2.05, 4.69) is 0 Å².